The van der Waals surface area contributed by atoms with Crippen molar-refractivity contribution in [3.8, 4) is 0 Å². The van der Waals surface area contributed by atoms with Crippen molar-refractivity contribution in [1.82, 2.24) is 5.32 Å². The van der Waals surface area contributed by atoms with Crippen molar-refractivity contribution < 1.29 is 8.78 Å². The molecule has 0 saturated heterocycles. The van der Waals surface area contributed by atoms with Gasteiger partial charge in [-0.25, -0.2) is 8.78 Å². The van der Waals surface area contributed by atoms with Crippen LogP contribution in [0.15, 0.2) is 42.5 Å². The quantitative estimate of drug-likeness (QED) is 0.883. The summed E-state index contributed by atoms with van der Waals surface area (Å²) in [5.41, 5.74) is 2.64. The van der Waals surface area contributed by atoms with Gasteiger partial charge in [0, 0.05) is 11.6 Å². The van der Waals surface area contributed by atoms with Gasteiger partial charge in [-0.3, -0.25) is 0 Å². The highest BCUT2D eigenvalue weighted by Gasteiger charge is 2.15. The number of rotatable bonds is 4. The molecule has 1 unspecified atom stereocenters. The van der Waals surface area contributed by atoms with Gasteiger partial charge < -0.3 is 5.32 Å². The summed E-state index contributed by atoms with van der Waals surface area (Å²) in [6, 6.07) is 11.4. The molecule has 0 aliphatic rings. The van der Waals surface area contributed by atoms with Crippen molar-refractivity contribution in [2.75, 3.05) is 7.05 Å². The molecule has 0 fully saturated rings. The standard InChI is InChI=1S/C16H17F2N/c1-11-3-5-12(6-4-11)9-16(19-2)14-10-13(17)7-8-15(14)18/h3-8,10,16,19H,9H2,1-2H3. The van der Waals surface area contributed by atoms with Crippen LogP contribution in [0, 0.1) is 18.6 Å². The first-order valence-electron chi connectivity index (χ1n) is 6.28. The molecular weight excluding hydrogens is 244 g/mol. The number of hydrogen-bond acceptors (Lipinski definition) is 1. The van der Waals surface area contributed by atoms with Crippen molar-refractivity contribution in [2.45, 2.75) is 19.4 Å². The van der Waals surface area contributed by atoms with E-state index in [0.29, 0.717) is 12.0 Å². The molecule has 19 heavy (non-hydrogen) atoms. The van der Waals surface area contributed by atoms with E-state index in [-0.39, 0.29) is 11.9 Å². The maximum Gasteiger partial charge on any atom is 0.128 e. The second-order valence-electron chi connectivity index (χ2n) is 4.70. The maximum absolute atomic E-state index is 13.8. The fraction of sp³-hybridized carbons (Fsp3) is 0.250. The Morgan fingerprint density at radius 1 is 1.05 bits per heavy atom. The molecular formula is C16H17F2N. The van der Waals surface area contributed by atoms with E-state index in [9.17, 15) is 8.78 Å². The van der Waals surface area contributed by atoms with E-state index in [1.807, 2.05) is 31.2 Å². The summed E-state index contributed by atoms with van der Waals surface area (Å²) in [4.78, 5) is 0. The summed E-state index contributed by atoms with van der Waals surface area (Å²) >= 11 is 0. The van der Waals surface area contributed by atoms with Crippen LogP contribution in [0.1, 0.15) is 22.7 Å². The van der Waals surface area contributed by atoms with Crippen LogP contribution in [-0.4, -0.2) is 7.05 Å². The SMILES string of the molecule is CNC(Cc1ccc(C)cc1)c1cc(F)ccc1F. The Balaban J connectivity index is 2.24. The van der Waals surface area contributed by atoms with Crippen LogP contribution < -0.4 is 5.32 Å². The Kier molecular flexibility index (Phi) is 4.27. The Morgan fingerprint density at radius 3 is 2.37 bits per heavy atom. The predicted octanol–water partition coefficient (Wildman–Crippen LogP) is 3.78. The topological polar surface area (TPSA) is 12.0 Å². The summed E-state index contributed by atoms with van der Waals surface area (Å²) in [7, 11) is 1.75. The minimum Gasteiger partial charge on any atom is -0.313 e. The van der Waals surface area contributed by atoms with E-state index in [2.05, 4.69) is 5.32 Å². The molecule has 0 spiro atoms. The summed E-state index contributed by atoms with van der Waals surface area (Å²) in [6.07, 6.45) is 0.622. The minimum absolute atomic E-state index is 0.238. The molecule has 1 atom stereocenters. The minimum atomic E-state index is -0.416. The molecule has 0 saturated carbocycles. The van der Waals surface area contributed by atoms with Gasteiger partial charge in [-0.1, -0.05) is 29.8 Å². The monoisotopic (exact) mass is 261 g/mol. The first-order chi connectivity index (χ1) is 9.10. The summed E-state index contributed by atoms with van der Waals surface area (Å²) < 4.78 is 27.0. The maximum atomic E-state index is 13.8. The summed E-state index contributed by atoms with van der Waals surface area (Å²) in [6.45, 7) is 2.02. The van der Waals surface area contributed by atoms with E-state index in [1.54, 1.807) is 7.05 Å². The van der Waals surface area contributed by atoms with Gasteiger partial charge in [0.1, 0.15) is 11.6 Å². The lowest BCUT2D eigenvalue weighted by Gasteiger charge is -2.17. The van der Waals surface area contributed by atoms with Crippen LogP contribution in [0.5, 0.6) is 0 Å². The van der Waals surface area contributed by atoms with E-state index in [4.69, 9.17) is 0 Å². The van der Waals surface area contributed by atoms with Crippen molar-refractivity contribution in [1.29, 1.82) is 0 Å². The molecule has 0 amide bonds. The third-order valence-corrected chi connectivity index (χ3v) is 3.24. The summed E-state index contributed by atoms with van der Waals surface area (Å²) in [5, 5.41) is 3.04. The third-order valence-electron chi connectivity index (χ3n) is 3.24. The molecule has 0 heterocycles. The number of hydrogen-bond donors (Lipinski definition) is 1. The molecule has 2 rings (SSSR count). The van der Waals surface area contributed by atoms with Gasteiger partial charge in [-0.2, -0.15) is 0 Å². The molecule has 0 aliphatic heterocycles. The fourth-order valence-electron chi connectivity index (χ4n) is 2.11. The molecule has 2 aromatic carbocycles. The van der Waals surface area contributed by atoms with Crippen LogP contribution in [0.4, 0.5) is 8.78 Å². The van der Waals surface area contributed by atoms with E-state index in [0.717, 1.165) is 11.6 Å². The van der Waals surface area contributed by atoms with Crippen molar-refractivity contribution >= 4 is 0 Å². The van der Waals surface area contributed by atoms with Gasteiger partial charge in [0.2, 0.25) is 0 Å². The third kappa shape index (κ3) is 3.38. The number of nitrogens with one attached hydrogen (secondary N) is 1. The average Bonchev–Trinajstić information content (AvgIpc) is 2.41. The largest absolute Gasteiger partial charge is 0.313 e. The van der Waals surface area contributed by atoms with Crippen LogP contribution in [-0.2, 0) is 6.42 Å². The highest BCUT2D eigenvalue weighted by molar-refractivity contribution is 5.27. The van der Waals surface area contributed by atoms with E-state index >= 15 is 0 Å². The lowest BCUT2D eigenvalue weighted by atomic mass is 9.98. The Hall–Kier alpha value is -1.74. The molecule has 0 aliphatic carbocycles. The molecule has 0 radical (unpaired) electrons. The Morgan fingerprint density at radius 2 is 1.74 bits per heavy atom. The van der Waals surface area contributed by atoms with Crippen LogP contribution in [0.2, 0.25) is 0 Å². The Bertz CT molecular complexity index is 549. The molecule has 3 heteroatoms. The van der Waals surface area contributed by atoms with Crippen molar-refractivity contribution in [2.24, 2.45) is 0 Å². The fourth-order valence-corrected chi connectivity index (χ4v) is 2.11. The average molecular weight is 261 g/mol. The molecule has 100 valence electrons. The molecule has 0 aromatic heterocycles. The van der Waals surface area contributed by atoms with Crippen molar-refractivity contribution in [3.63, 3.8) is 0 Å². The zero-order valence-electron chi connectivity index (χ0n) is 11.1. The molecule has 1 nitrogen and oxygen atoms in total. The first kappa shape index (κ1) is 13.7. The van der Waals surface area contributed by atoms with Crippen LogP contribution in [0.3, 0.4) is 0 Å². The number of benzene rings is 2. The highest BCUT2D eigenvalue weighted by atomic mass is 19.1. The summed E-state index contributed by atoms with van der Waals surface area (Å²) in [5.74, 6) is -0.798. The zero-order valence-corrected chi connectivity index (χ0v) is 11.1. The van der Waals surface area contributed by atoms with Crippen molar-refractivity contribution in [3.05, 3.63) is 70.8 Å². The number of likely N-dealkylation sites (N-methyl/N-ethyl adjacent to an activating group) is 1. The predicted molar refractivity (Wildman–Crippen MR) is 73.0 cm³/mol. The normalized spacial score (nSPS) is 12.4. The smallest absolute Gasteiger partial charge is 0.128 e. The van der Waals surface area contributed by atoms with Gasteiger partial charge >= 0.3 is 0 Å². The lowest BCUT2D eigenvalue weighted by Crippen LogP contribution is -2.20. The second-order valence-corrected chi connectivity index (χ2v) is 4.70. The molecule has 0 bridgehead atoms. The van der Waals surface area contributed by atoms with E-state index in [1.165, 1.54) is 17.7 Å². The highest BCUT2D eigenvalue weighted by Crippen LogP contribution is 2.22. The lowest BCUT2D eigenvalue weighted by molar-refractivity contribution is 0.523. The second kappa shape index (κ2) is 5.93. The van der Waals surface area contributed by atoms with Gasteiger partial charge in [0.05, 0.1) is 0 Å². The van der Waals surface area contributed by atoms with E-state index < -0.39 is 5.82 Å². The van der Waals surface area contributed by atoms with Crippen LogP contribution >= 0.6 is 0 Å². The first-order valence-corrected chi connectivity index (χ1v) is 6.28. The van der Waals surface area contributed by atoms with Crippen LogP contribution in [0.25, 0.3) is 0 Å². The van der Waals surface area contributed by atoms with Gasteiger partial charge in [0.25, 0.3) is 0 Å². The zero-order chi connectivity index (χ0) is 13.8. The van der Waals surface area contributed by atoms with Gasteiger partial charge in [0.15, 0.2) is 0 Å². The van der Waals surface area contributed by atoms with Gasteiger partial charge in [-0.15, -0.1) is 0 Å². The van der Waals surface area contributed by atoms with Gasteiger partial charge in [-0.05, 0) is 44.2 Å². The number of halogens is 2. The molecule has 1 N–H and O–H groups in total. The molecule has 2 aromatic rings. The Labute approximate surface area is 112 Å². The number of aryl methyl sites for hydroxylation is 1.